The summed E-state index contributed by atoms with van der Waals surface area (Å²) in [4.78, 5) is 25.9. The maximum Gasteiger partial charge on any atom is 0.313 e. The van der Waals surface area contributed by atoms with E-state index in [1.807, 2.05) is 0 Å². The summed E-state index contributed by atoms with van der Waals surface area (Å²) in [5.41, 5.74) is -1.00. The molecule has 1 aliphatic rings. The maximum absolute atomic E-state index is 12.9. The highest BCUT2D eigenvalue weighted by atomic mass is 32.2. The zero-order valence-corrected chi connectivity index (χ0v) is 15.8. The summed E-state index contributed by atoms with van der Waals surface area (Å²) in [6.07, 6.45) is 5.99. The first-order chi connectivity index (χ1) is 12.8. The molecule has 8 nitrogen and oxygen atoms in total. The number of sulfonamides is 1. The number of nitrogens with zero attached hydrogens (tertiary/aromatic N) is 1. The van der Waals surface area contributed by atoms with Crippen LogP contribution in [0.25, 0.3) is 0 Å². The number of carboxylic acids is 1. The van der Waals surface area contributed by atoms with E-state index in [-0.39, 0.29) is 30.2 Å². The predicted octanol–water partition coefficient (Wildman–Crippen LogP) is 0.552. The van der Waals surface area contributed by atoms with E-state index in [1.54, 1.807) is 0 Å². The van der Waals surface area contributed by atoms with Gasteiger partial charge < -0.3 is 14.7 Å². The molecule has 1 fully saturated rings. The number of aliphatic carboxylic acids is 1. The summed E-state index contributed by atoms with van der Waals surface area (Å²) in [5, 5.41) is 9.60. The molecule has 1 unspecified atom stereocenters. The van der Waals surface area contributed by atoms with Crippen molar-refractivity contribution in [3.63, 3.8) is 0 Å². The van der Waals surface area contributed by atoms with E-state index in [0.29, 0.717) is 19.4 Å². The number of carbonyl (C=O) groups is 2. The van der Waals surface area contributed by atoms with E-state index in [4.69, 9.17) is 11.2 Å². The highest BCUT2D eigenvalue weighted by molar-refractivity contribution is 7.89. The normalized spacial score (nSPS) is 20.1. The van der Waals surface area contributed by atoms with E-state index in [1.165, 1.54) is 36.3 Å². The second-order valence-corrected chi connectivity index (χ2v) is 8.17. The summed E-state index contributed by atoms with van der Waals surface area (Å²) in [6.45, 7) is 0.229. The summed E-state index contributed by atoms with van der Waals surface area (Å²) in [7, 11) is -2.41. The van der Waals surface area contributed by atoms with Crippen LogP contribution in [0.1, 0.15) is 23.2 Å². The molecule has 1 saturated heterocycles. The Balaban J connectivity index is 2.26. The van der Waals surface area contributed by atoms with Crippen LogP contribution >= 0.6 is 0 Å². The van der Waals surface area contributed by atoms with Crippen LogP contribution in [-0.4, -0.2) is 63.7 Å². The van der Waals surface area contributed by atoms with Crippen molar-refractivity contribution < 1.29 is 27.9 Å². The summed E-state index contributed by atoms with van der Waals surface area (Å²) in [6, 6.07) is 5.57. The highest BCUT2D eigenvalue weighted by Crippen LogP contribution is 2.31. The van der Waals surface area contributed by atoms with Crippen molar-refractivity contribution in [2.75, 3.05) is 33.4 Å². The number of methoxy groups -OCH3 is 1. The quantitative estimate of drug-likeness (QED) is 0.653. The summed E-state index contributed by atoms with van der Waals surface area (Å²) < 4.78 is 31.7. The zero-order chi connectivity index (χ0) is 20.1. The molecule has 146 valence electrons. The molecule has 1 aromatic rings. The van der Waals surface area contributed by atoms with Gasteiger partial charge in [0.15, 0.2) is 0 Å². The molecule has 1 aromatic carbocycles. The molecule has 1 heterocycles. The molecule has 0 radical (unpaired) electrons. The van der Waals surface area contributed by atoms with Crippen LogP contribution in [0.5, 0.6) is 0 Å². The number of hydrogen-bond donors (Lipinski definition) is 2. The molecule has 9 heteroatoms. The lowest BCUT2D eigenvalue weighted by Crippen LogP contribution is -2.52. The second kappa shape index (κ2) is 8.52. The van der Waals surface area contributed by atoms with Crippen molar-refractivity contribution in [3.8, 4) is 12.3 Å². The number of benzene rings is 1. The molecule has 2 rings (SSSR count). The minimum atomic E-state index is -3.83. The third-order valence-electron chi connectivity index (χ3n) is 4.49. The van der Waals surface area contributed by atoms with Gasteiger partial charge in [0.1, 0.15) is 5.41 Å². The number of ether oxygens (including phenoxy) is 1. The number of carbonyl (C=O) groups excluding carboxylic acids is 1. The molecular formula is C18H22N2O6S. The van der Waals surface area contributed by atoms with Crippen molar-refractivity contribution >= 4 is 21.9 Å². The molecule has 1 amide bonds. The van der Waals surface area contributed by atoms with Crippen LogP contribution < -0.4 is 4.72 Å². The van der Waals surface area contributed by atoms with Crippen molar-refractivity contribution in [2.24, 2.45) is 5.41 Å². The number of terminal acetylenes is 1. The van der Waals surface area contributed by atoms with Crippen molar-refractivity contribution in [2.45, 2.75) is 17.7 Å². The fourth-order valence-corrected chi connectivity index (χ4v) is 4.11. The van der Waals surface area contributed by atoms with Gasteiger partial charge in [-0.1, -0.05) is 12.0 Å². The molecule has 27 heavy (non-hydrogen) atoms. The lowest BCUT2D eigenvalue weighted by molar-refractivity contribution is -0.155. The van der Waals surface area contributed by atoms with Gasteiger partial charge in [-0.3, -0.25) is 9.59 Å². The Bertz CT molecular complexity index is 857. The highest BCUT2D eigenvalue weighted by Gasteiger charge is 2.44. The van der Waals surface area contributed by atoms with Gasteiger partial charge in [0.2, 0.25) is 10.0 Å². The fourth-order valence-electron chi connectivity index (χ4n) is 3.13. The smallest absolute Gasteiger partial charge is 0.313 e. The minimum Gasteiger partial charge on any atom is -0.481 e. The van der Waals surface area contributed by atoms with Crippen LogP contribution in [0.2, 0.25) is 0 Å². The van der Waals surface area contributed by atoms with E-state index >= 15 is 0 Å². The Hall–Kier alpha value is -2.41. The topological polar surface area (TPSA) is 113 Å². The Kier molecular flexibility index (Phi) is 6.59. The summed E-state index contributed by atoms with van der Waals surface area (Å²) in [5.74, 6) is 0.739. The van der Waals surface area contributed by atoms with Gasteiger partial charge in [0.05, 0.1) is 18.0 Å². The Morgan fingerprint density at radius 2 is 2.19 bits per heavy atom. The summed E-state index contributed by atoms with van der Waals surface area (Å²) >= 11 is 0. The molecule has 0 saturated carbocycles. The average molecular weight is 394 g/mol. The molecule has 0 aromatic heterocycles. The molecule has 0 spiro atoms. The van der Waals surface area contributed by atoms with E-state index < -0.39 is 27.3 Å². The zero-order valence-electron chi connectivity index (χ0n) is 15.0. The maximum atomic E-state index is 12.9. The fraction of sp³-hybridized carbons (Fsp3) is 0.444. The second-order valence-electron chi connectivity index (χ2n) is 6.41. The minimum absolute atomic E-state index is 0.00132. The van der Waals surface area contributed by atoms with Gasteiger partial charge in [-0.25, -0.2) is 8.42 Å². The molecule has 0 bridgehead atoms. The first-order valence-corrected chi connectivity index (χ1v) is 9.79. The van der Waals surface area contributed by atoms with Gasteiger partial charge >= 0.3 is 5.97 Å². The largest absolute Gasteiger partial charge is 0.481 e. The number of amides is 1. The van der Waals surface area contributed by atoms with Crippen LogP contribution in [0, 0.1) is 17.8 Å². The standard InChI is InChI=1S/C18H22N2O6S/c1-3-9-19-27(24,25)15-7-4-6-14(11-15)16(21)20-10-5-8-18(12-20,13-26-2)17(22)23/h1,4,6-7,11,19H,5,8-10,12-13H2,2H3,(H,22,23). The number of hydrogen-bond acceptors (Lipinski definition) is 5. The molecule has 2 N–H and O–H groups in total. The Morgan fingerprint density at radius 3 is 2.81 bits per heavy atom. The lowest BCUT2D eigenvalue weighted by Gasteiger charge is -2.39. The Labute approximate surface area is 158 Å². The number of nitrogens with one attached hydrogen (secondary N) is 1. The number of likely N-dealkylation sites (tertiary alicyclic amines) is 1. The van der Waals surface area contributed by atoms with Gasteiger partial charge in [-0.15, -0.1) is 6.42 Å². The van der Waals surface area contributed by atoms with Crippen molar-refractivity contribution in [3.05, 3.63) is 29.8 Å². The van der Waals surface area contributed by atoms with E-state index in [0.717, 1.165) is 0 Å². The molecule has 1 aliphatic heterocycles. The SMILES string of the molecule is C#CCNS(=O)(=O)c1cccc(C(=O)N2CCCC(COC)(C(=O)O)C2)c1. The van der Waals surface area contributed by atoms with Crippen LogP contribution in [0.3, 0.4) is 0 Å². The van der Waals surface area contributed by atoms with E-state index in [2.05, 4.69) is 10.6 Å². The third-order valence-corrected chi connectivity index (χ3v) is 5.89. The number of carboxylic acid groups (broad SMARTS) is 1. The van der Waals surface area contributed by atoms with Gasteiger partial charge in [0, 0.05) is 25.8 Å². The van der Waals surface area contributed by atoms with Gasteiger partial charge in [0.25, 0.3) is 5.91 Å². The lowest BCUT2D eigenvalue weighted by atomic mass is 9.80. The van der Waals surface area contributed by atoms with Crippen LogP contribution in [-0.2, 0) is 19.6 Å². The van der Waals surface area contributed by atoms with E-state index in [9.17, 15) is 23.1 Å². The first-order valence-electron chi connectivity index (χ1n) is 8.30. The molecule has 1 atom stereocenters. The first kappa shape index (κ1) is 20.9. The van der Waals surface area contributed by atoms with Crippen molar-refractivity contribution in [1.82, 2.24) is 9.62 Å². The monoisotopic (exact) mass is 394 g/mol. The number of rotatable bonds is 7. The predicted molar refractivity (Wildman–Crippen MR) is 97.5 cm³/mol. The van der Waals surface area contributed by atoms with Crippen molar-refractivity contribution in [1.29, 1.82) is 0 Å². The van der Waals surface area contributed by atoms with Gasteiger partial charge in [-0.05, 0) is 31.0 Å². The van der Waals surface area contributed by atoms with Crippen LogP contribution in [0.15, 0.2) is 29.2 Å². The van der Waals surface area contributed by atoms with Crippen LogP contribution in [0.4, 0.5) is 0 Å². The number of piperidine rings is 1. The third kappa shape index (κ3) is 4.66. The molecule has 0 aliphatic carbocycles. The molecular weight excluding hydrogens is 372 g/mol. The average Bonchev–Trinajstić information content (AvgIpc) is 2.66. The van der Waals surface area contributed by atoms with Gasteiger partial charge in [-0.2, -0.15) is 4.72 Å². The Morgan fingerprint density at radius 1 is 1.44 bits per heavy atom.